The predicted octanol–water partition coefficient (Wildman–Crippen LogP) is 2.09. The summed E-state index contributed by atoms with van der Waals surface area (Å²) >= 11 is 1.28. The van der Waals surface area contributed by atoms with Crippen LogP contribution in [0.4, 0.5) is 10.7 Å². The van der Waals surface area contributed by atoms with E-state index in [-0.39, 0.29) is 17.9 Å². The Kier molecular flexibility index (Phi) is 5.18. The summed E-state index contributed by atoms with van der Waals surface area (Å²) in [4.78, 5) is 30.2. The van der Waals surface area contributed by atoms with Crippen molar-refractivity contribution in [3.8, 4) is 21.8 Å². The standard InChI is InChI=1S/C22H21N7O4S/c1-28-7-6-22(32,21(28)31)16-9-15(27-33-16)12-4-3-5-13(8-12)19-26-17(18(23)30)20(34-19)25-14-10-24-29(2)11-14/h3-5,8-11,25,32H,6-7H2,1-2H3,(H2,23,30). The van der Waals surface area contributed by atoms with Crippen molar-refractivity contribution in [2.45, 2.75) is 12.0 Å². The summed E-state index contributed by atoms with van der Waals surface area (Å²) in [6, 6.07) is 8.91. The largest absolute Gasteiger partial charge is 0.373 e. The first-order valence-electron chi connectivity index (χ1n) is 10.4. The van der Waals surface area contributed by atoms with Crippen LogP contribution in [0.3, 0.4) is 0 Å². The molecule has 174 valence electrons. The number of nitrogens with one attached hydrogen (secondary N) is 1. The van der Waals surface area contributed by atoms with Gasteiger partial charge in [0.2, 0.25) is 5.60 Å². The maximum absolute atomic E-state index is 12.4. The van der Waals surface area contributed by atoms with Crippen LogP contribution >= 0.6 is 11.3 Å². The van der Waals surface area contributed by atoms with E-state index >= 15 is 0 Å². The number of aliphatic hydroxyl groups is 1. The number of aromatic nitrogens is 4. The van der Waals surface area contributed by atoms with Crippen LogP contribution in [0.5, 0.6) is 0 Å². The van der Waals surface area contributed by atoms with Crippen LogP contribution < -0.4 is 11.1 Å². The summed E-state index contributed by atoms with van der Waals surface area (Å²) < 4.78 is 6.99. The molecule has 12 heteroatoms. The number of carbonyl (C=O) groups is 2. The first-order valence-corrected chi connectivity index (χ1v) is 11.2. The molecule has 0 spiro atoms. The molecule has 1 atom stereocenters. The lowest BCUT2D eigenvalue weighted by atomic mass is 9.98. The third-order valence-electron chi connectivity index (χ3n) is 5.66. The lowest BCUT2D eigenvalue weighted by Crippen LogP contribution is -2.35. The number of carbonyl (C=O) groups excluding carboxylic acids is 2. The lowest BCUT2D eigenvalue weighted by molar-refractivity contribution is -0.144. The zero-order chi connectivity index (χ0) is 24.0. The maximum atomic E-state index is 12.4. The number of nitrogens with zero attached hydrogens (tertiary/aromatic N) is 5. The highest BCUT2D eigenvalue weighted by molar-refractivity contribution is 7.19. The molecule has 3 aromatic heterocycles. The summed E-state index contributed by atoms with van der Waals surface area (Å²) in [5.41, 5.74) is 6.58. The Bertz CT molecular complexity index is 1410. The second-order valence-corrected chi connectivity index (χ2v) is 9.08. The van der Waals surface area contributed by atoms with E-state index in [1.807, 2.05) is 24.3 Å². The van der Waals surface area contributed by atoms with Gasteiger partial charge < -0.3 is 25.6 Å². The van der Waals surface area contributed by atoms with Gasteiger partial charge in [-0.05, 0) is 6.07 Å². The third kappa shape index (κ3) is 3.72. The highest BCUT2D eigenvalue weighted by Gasteiger charge is 2.48. The number of rotatable bonds is 6. The quantitative estimate of drug-likeness (QED) is 0.380. The Morgan fingerprint density at radius 2 is 2.09 bits per heavy atom. The highest BCUT2D eigenvalue weighted by atomic mass is 32.1. The Labute approximate surface area is 197 Å². The minimum Gasteiger partial charge on any atom is -0.373 e. The Morgan fingerprint density at radius 3 is 2.76 bits per heavy atom. The van der Waals surface area contributed by atoms with Crippen molar-refractivity contribution in [1.82, 2.24) is 24.8 Å². The van der Waals surface area contributed by atoms with Crippen LogP contribution in [0.15, 0.2) is 47.2 Å². The topological polar surface area (TPSA) is 152 Å². The molecule has 5 rings (SSSR count). The Hall–Kier alpha value is -4.03. The third-order valence-corrected chi connectivity index (χ3v) is 6.68. The number of amides is 2. The number of anilines is 2. The van der Waals surface area contributed by atoms with E-state index in [9.17, 15) is 14.7 Å². The molecule has 1 aliphatic rings. The van der Waals surface area contributed by atoms with Crippen molar-refractivity contribution in [3.63, 3.8) is 0 Å². The molecule has 0 aliphatic carbocycles. The van der Waals surface area contributed by atoms with Crippen molar-refractivity contribution in [1.29, 1.82) is 0 Å². The van der Waals surface area contributed by atoms with Crippen LogP contribution in [-0.4, -0.2) is 55.3 Å². The van der Waals surface area contributed by atoms with E-state index in [1.54, 1.807) is 37.2 Å². The molecule has 0 bridgehead atoms. The van der Waals surface area contributed by atoms with Gasteiger partial charge >= 0.3 is 0 Å². The highest BCUT2D eigenvalue weighted by Crippen LogP contribution is 2.37. The lowest BCUT2D eigenvalue weighted by Gasteiger charge is -2.16. The second-order valence-electron chi connectivity index (χ2n) is 8.08. The molecule has 1 aromatic carbocycles. The van der Waals surface area contributed by atoms with Crippen LogP contribution in [0.1, 0.15) is 22.7 Å². The minimum atomic E-state index is -1.71. The van der Waals surface area contributed by atoms with Gasteiger partial charge in [-0.3, -0.25) is 14.3 Å². The Morgan fingerprint density at radius 1 is 1.29 bits per heavy atom. The number of hydrogen-bond donors (Lipinski definition) is 3. The number of aryl methyl sites for hydroxylation is 1. The molecule has 1 unspecified atom stereocenters. The van der Waals surface area contributed by atoms with Gasteiger partial charge in [0.25, 0.3) is 11.8 Å². The summed E-state index contributed by atoms with van der Waals surface area (Å²) in [5.74, 6) is -0.958. The van der Waals surface area contributed by atoms with Crippen molar-refractivity contribution in [2.24, 2.45) is 12.8 Å². The van der Waals surface area contributed by atoms with Gasteiger partial charge in [-0.15, -0.1) is 0 Å². The number of hydrogen-bond acceptors (Lipinski definition) is 9. The van der Waals surface area contributed by atoms with Crippen LogP contribution in [0.25, 0.3) is 21.8 Å². The molecular formula is C22H21N7O4S. The van der Waals surface area contributed by atoms with Gasteiger partial charge in [0.15, 0.2) is 11.5 Å². The Balaban J connectivity index is 1.46. The van der Waals surface area contributed by atoms with E-state index in [0.717, 1.165) is 5.56 Å². The normalized spacial score (nSPS) is 18.0. The zero-order valence-corrected chi connectivity index (χ0v) is 19.2. The van der Waals surface area contributed by atoms with Gasteiger partial charge in [-0.2, -0.15) is 5.10 Å². The number of thiazole rings is 1. The molecule has 34 heavy (non-hydrogen) atoms. The summed E-state index contributed by atoms with van der Waals surface area (Å²) in [7, 11) is 3.42. The van der Waals surface area contributed by atoms with Crippen LogP contribution in [0, 0.1) is 0 Å². The molecular weight excluding hydrogens is 458 g/mol. The number of primary amides is 1. The maximum Gasteiger partial charge on any atom is 0.270 e. The van der Waals surface area contributed by atoms with Crippen molar-refractivity contribution in [3.05, 3.63) is 54.2 Å². The fourth-order valence-electron chi connectivity index (χ4n) is 3.81. The number of nitrogens with two attached hydrogens (primary N) is 1. The molecule has 1 fully saturated rings. The fourth-order valence-corrected chi connectivity index (χ4v) is 4.80. The van der Waals surface area contributed by atoms with E-state index in [0.29, 0.717) is 33.5 Å². The van der Waals surface area contributed by atoms with Gasteiger partial charge in [-0.1, -0.05) is 34.7 Å². The molecule has 0 saturated carbocycles. The second kappa shape index (κ2) is 8.08. The van der Waals surface area contributed by atoms with Crippen molar-refractivity contribution < 1.29 is 19.2 Å². The molecule has 4 N–H and O–H groups in total. The van der Waals surface area contributed by atoms with Gasteiger partial charge in [-0.25, -0.2) is 4.98 Å². The minimum absolute atomic E-state index is 0.107. The fraction of sp³-hybridized carbons (Fsp3) is 0.227. The van der Waals surface area contributed by atoms with Gasteiger partial charge in [0.1, 0.15) is 15.7 Å². The summed E-state index contributed by atoms with van der Waals surface area (Å²) in [6.45, 7) is 0.433. The van der Waals surface area contributed by atoms with Gasteiger partial charge in [0.05, 0.1) is 11.9 Å². The van der Waals surface area contributed by atoms with Crippen LogP contribution in [-0.2, 0) is 17.4 Å². The first-order chi connectivity index (χ1) is 16.2. The smallest absolute Gasteiger partial charge is 0.270 e. The first kappa shape index (κ1) is 21.8. The molecule has 11 nitrogen and oxygen atoms in total. The number of likely N-dealkylation sites (N-methyl/N-ethyl adjacent to an activating group) is 1. The van der Waals surface area contributed by atoms with E-state index in [1.165, 1.54) is 16.2 Å². The molecule has 4 heterocycles. The molecule has 1 aliphatic heterocycles. The molecule has 2 amide bonds. The van der Waals surface area contributed by atoms with E-state index in [2.05, 4.69) is 20.6 Å². The SMILES string of the molecule is CN1CCC(O)(c2cc(-c3cccc(-c4nc(C(N)=O)c(Nc5cnn(C)c5)s4)c3)no2)C1=O. The van der Waals surface area contributed by atoms with Crippen LogP contribution in [0.2, 0.25) is 0 Å². The predicted molar refractivity (Wildman–Crippen MR) is 124 cm³/mol. The average molecular weight is 480 g/mol. The zero-order valence-electron chi connectivity index (χ0n) is 18.3. The number of benzene rings is 1. The van der Waals surface area contributed by atoms with Crippen molar-refractivity contribution >= 4 is 33.8 Å². The van der Waals surface area contributed by atoms with E-state index < -0.39 is 17.4 Å². The van der Waals surface area contributed by atoms with E-state index in [4.69, 9.17) is 10.3 Å². The number of likely N-dealkylation sites (tertiary alicyclic amines) is 1. The summed E-state index contributed by atoms with van der Waals surface area (Å²) in [6.07, 6.45) is 3.64. The summed E-state index contributed by atoms with van der Waals surface area (Å²) in [5, 5.41) is 23.2. The average Bonchev–Trinajstić information content (AvgIpc) is 3.60. The molecule has 4 aromatic rings. The van der Waals surface area contributed by atoms with Gasteiger partial charge in [0, 0.05) is 50.5 Å². The molecule has 0 radical (unpaired) electrons. The van der Waals surface area contributed by atoms with Crippen molar-refractivity contribution in [2.75, 3.05) is 18.9 Å². The molecule has 1 saturated heterocycles. The monoisotopic (exact) mass is 479 g/mol.